The molecule has 20 rings (SSSR count). The number of rotatable bonds is 10. The molecule has 4 heteroatoms. The summed E-state index contributed by atoms with van der Waals surface area (Å²) in [5.41, 5.74) is 26.8. The molecule has 0 amide bonds. The van der Waals surface area contributed by atoms with Crippen LogP contribution in [0.15, 0.2) is 376 Å². The van der Waals surface area contributed by atoms with Crippen LogP contribution in [0.5, 0.6) is 0 Å². The van der Waals surface area contributed by atoms with Crippen molar-refractivity contribution in [1.29, 1.82) is 0 Å². The van der Waals surface area contributed by atoms with Gasteiger partial charge in [-0.05, 0) is 204 Å². The summed E-state index contributed by atoms with van der Waals surface area (Å²) >= 11 is 3.77. The zero-order valence-electron chi connectivity index (χ0n) is 54.5. The molecule has 20 aromatic rings. The van der Waals surface area contributed by atoms with Gasteiger partial charge >= 0.3 is 0 Å². The number of fused-ring (bicyclic) bond motifs is 12. The fourth-order valence-corrected chi connectivity index (χ4v) is 17.7. The third-order valence-corrected chi connectivity index (χ3v) is 22.4. The van der Waals surface area contributed by atoms with E-state index in [0.717, 1.165) is 0 Å². The van der Waals surface area contributed by atoms with E-state index in [4.69, 9.17) is 0 Å². The molecule has 0 aliphatic heterocycles. The molecule has 0 atom stereocenters. The van der Waals surface area contributed by atoms with Crippen molar-refractivity contribution in [2.45, 2.75) is 0 Å². The van der Waals surface area contributed by atoms with Crippen LogP contribution in [0.25, 0.3) is 184 Å². The molecule has 2 nitrogen and oxygen atoms in total. The van der Waals surface area contributed by atoms with Gasteiger partial charge in [-0.15, -0.1) is 22.7 Å². The minimum absolute atomic E-state index is 1.17. The quantitative estimate of drug-likeness (QED) is 0.129. The zero-order valence-corrected chi connectivity index (χ0v) is 56.1. The van der Waals surface area contributed by atoms with Crippen molar-refractivity contribution in [2.75, 3.05) is 0 Å². The summed E-state index contributed by atoms with van der Waals surface area (Å²) in [6.45, 7) is 0. The summed E-state index contributed by atoms with van der Waals surface area (Å²) in [6, 6.07) is 137. The van der Waals surface area contributed by atoms with Gasteiger partial charge < -0.3 is 9.13 Å². The monoisotopic (exact) mass is 1310 g/mol. The zero-order chi connectivity index (χ0) is 66.0. The predicted octanol–water partition coefficient (Wildman–Crippen LogP) is 27.6. The first kappa shape index (κ1) is 58.9. The highest BCUT2D eigenvalue weighted by atomic mass is 32.1. The van der Waals surface area contributed by atoms with Crippen LogP contribution in [0.1, 0.15) is 0 Å². The van der Waals surface area contributed by atoms with Gasteiger partial charge in [0.2, 0.25) is 0 Å². The normalized spacial score (nSPS) is 11.6. The van der Waals surface area contributed by atoms with Crippen LogP contribution < -0.4 is 0 Å². The molecule has 0 fully saturated rings. The fraction of sp³-hybridized carbons (Fsp3) is 0. The van der Waals surface area contributed by atoms with Crippen LogP contribution in [-0.4, -0.2) is 9.13 Å². The maximum Gasteiger partial charge on any atom is 0.0541 e. The number of aromatic nitrogens is 2. The average Bonchev–Trinajstić information content (AvgIpc) is 1.59. The lowest BCUT2D eigenvalue weighted by atomic mass is 9.91. The Morgan fingerprint density at radius 1 is 0.160 bits per heavy atom. The van der Waals surface area contributed by atoms with Crippen LogP contribution in [-0.2, 0) is 0 Å². The molecule has 468 valence electrons. The van der Waals surface area contributed by atoms with Gasteiger partial charge in [0.1, 0.15) is 0 Å². The Kier molecular flexibility index (Phi) is 14.7. The number of benzene rings is 16. The first-order chi connectivity index (χ1) is 49.6. The van der Waals surface area contributed by atoms with Crippen LogP contribution in [0.2, 0.25) is 0 Å². The number of hydrogen-bond donors (Lipinski definition) is 0. The molecular formula is C96H62N2S2. The molecule has 0 aliphatic carbocycles. The van der Waals surface area contributed by atoms with E-state index in [-0.39, 0.29) is 0 Å². The van der Waals surface area contributed by atoms with Gasteiger partial charge in [-0.1, -0.05) is 261 Å². The largest absolute Gasteiger partial charge is 0.309 e. The lowest BCUT2D eigenvalue weighted by molar-refractivity contribution is 1.18. The third kappa shape index (κ3) is 10.5. The van der Waals surface area contributed by atoms with Gasteiger partial charge in [-0.3, -0.25) is 0 Å². The van der Waals surface area contributed by atoms with Gasteiger partial charge in [0, 0.05) is 73.3 Å². The summed E-state index contributed by atoms with van der Waals surface area (Å²) in [5, 5.41) is 10.3. The van der Waals surface area contributed by atoms with E-state index in [2.05, 4.69) is 385 Å². The summed E-state index contributed by atoms with van der Waals surface area (Å²) in [7, 11) is 0. The van der Waals surface area contributed by atoms with Crippen LogP contribution >= 0.6 is 22.7 Å². The molecule has 4 heterocycles. The van der Waals surface area contributed by atoms with Gasteiger partial charge in [0.25, 0.3) is 0 Å². The lowest BCUT2D eigenvalue weighted by Gasteiger charge is -2.13. The number of nitrogens with zero attached hydrogens (tertiary/aromatic N) is 2. The Balaban J connectivity index is 0.000000139. The molecule has 0 unspecified atom stereocenters. The van der Waals surface area contributed by atoms with Gasteiger partial charge in [0.05, 0.1) is 22.1 Å². The molecule has 16 aromatic carbocycles. The highest BCUT2D eigenvalue weighted by molar-refractivity contribution is 7.26. The van der Waals surface area contributed by atoms with E-state index in [0.29, 0.717) is 0 Å². The van der Waals surface area contributed by atoms with Crippen molar-refractivity contribution in [3.8, 4) is 100 Å². The highest BCUT2D eigenvalue weighted by Crippen LogP contribution is 2.46. The maximum absolute atomic E-state index is 2.39. The van der Waals surface area contributed by atoms with E-state index in [1.165, 1.54) is 184 Å². The van der Waals surface area contributed by atoms with Crippen LogP contribution in [0.4, 0.5) is 0 Å². The Labute approximate surface area is 588 Å². The molecule has 0 N–H and O–H groups in total. The molecule has 0 aliphatic rings. The molecule has 0 saturated carbocycles. The molecule has 0 saturated heterocycles. The molecule has 0 spiro atoms. The van der Waals surface area contributed by atoms with E-state index >= 15 is 0 Å². The summed E-state index contributed by atoms with van der Waals surface area (Å²) in [4.78, 5) is 0. The summed E-state index contributed by atoms with van der Waals surface area (Å²) in [5.74, 6) is 0. The lowest BCUT2D eigenvalue weighted by Crippen LogP contribution is -1.93. The summed E-state index contributed by atoms with van der Waals surface area (Å²) < 4.78 is 10.1. The van der Waals surface area contributed by atoms with E-state index in [1.54, 1.807) is 0 Å². The molecule has 4 aromatic heterocycles. The first-order valence-electron chi connectivity index (χ1n) is 34.2. The number of thiophene rings is 2. The predicted molar refractivity (Wildman–Crippen MR) is 431 cm³/mol. The molecular weight excluding hydrogens is 1250 g/mol. The minimum atomic E-state index is 1.17. The molecule has 100 heavy (non-hydrogen) atoms. The Morgan fingerprint density at radius 2 is 0.440 bits per heavy atom. The standard InChI is InChI=1S/2C48H31NS/c1-3-13-32(14-4-1)33-15-11-16-34(27-33)36-28-37(30-38(29-36)40-21-12-22-43-42-20-8-10-24-47(42)50-48(40)43)35-25-26-46-44(31-35)41-19-7-9-23-45(41)49(46)39-17-5-2-6-18-39;1-3-12-32(13-4-1)33-22-24-34(25-23-33)36-28-37(30-38(29-36)40-18-11-19-43-42-17-8-10-21-47(42)50-48(40)43)35-26-27-46-44(31-35)41-16-7-9-20-45(41)49(46)39-14-5-2-6-15-39/h2*1-31H. The van der Waals surface area contributed by atoms with Gasteiger partial charge in [-0.25, -0.2) is 0 Å². The van der Waals surface area contributed by atoms with Gasteiger partial charge in [-0.2, -0.15) is 0 Å². The SMILES string of the molecule is c1ccc(-c2ccc(-c3cc(-c4ccc5c(c4)c4ccccc4n5-c4ccccc4)cc(-c4cccc5c4sc4ccccc45)c3)cc2)cc1.c1ccc(-c2cccc(-c3cc(-c4ccc5c(c4)c4ccccc4n5-c4ccccc4)cc(-c4cccc5c4sc4ccccc45)c3)c2)cc1. The van der Waals surface area contributed by atoms with E-state index in [1.807, 2.05) is 22.7 Å². The second-order valence-corrected chi connectivity index (χ2v) is 28.0. The maximum atomic E-state index is 2.39. The molecule has 0 radical (unpaired) electrons. The van der Waals surface area contributed by atoms with Crippen molar-refractivity contribution >= 4 is 107 Å². The second kappa shape index (κ2) is 24.9. The van der Waals surface area contributed by atoms with Crippen LogP contribution in [0, 0.1) is 0 Å². The first-order valence-corrected chi connectivity index (χ1v) is 35.8. The number of hydrogen-bond acceptors (Lipinski definition) is 2. The van der Waals surface area contributed by atoms with Crippen molar-refractivity contribution in [2.24, 2.45) is 0 Å². The summed E-state index contributed by atoms with van der Waals surface area (Å²) in [6.07, 6.45) is 0. The Hall–Kier alpha value is -12.4. The van der Waals surface area contributed by atoms with E-state index < -0.39 is 0 Å². The topological polar surface area (TPSA) is 9.86 Å². The minimum Gasteiger partial charge on any atom is -0.309 e. The average molecular weight is 1310 g/mol. The number of para-hydroxylation sites is 4. The van der Waals surface area contributed by atoms with Crippen molar-refractivity contribution in [1.82, 2.24) is 9.13 Å². The van der Waals surface area contributed by atoms with Crippen molar-refractivity contribution in [3.63, 3.8) is 0 Å². The van der Waals surface area contributed by atoms with Crippen LogP contribution in [0.3, 0.4) is 0 Å². The Morgan fingerprint density at radius 3 is 0.900 bits per heavy atom. The Bertz CT molecular complexity index is 6490. The van der Waals surface area contributed by atoms with Gasteiger partial charge in [0.15, 0.2) is 0 Å². The molecule has 0 bridgehead atoms. The fourth-order valence-electron chi connectivity index (χ4n) is 15.2. The smallest absolute Gasteiger partial charge is 0.0541 e. The second-order valence-electron chi connectivity index (χ2n) is 25.9. The van der Waals surface area contributed by atoms with E-state index in [9.17, 15) is 0 Å². The third-order valence-electron chi connectivity index (χ3n) is 20.0. The van der Waals surface area contributed by atoms with Crippen molar-refractivity contribution < 1.29 is 0 Å². The van der Waals surface area contributed by atoms with Crippen molar-refractivity contribution in [3.05, 3.63) is 376 Å². The highest BCUT2D eigenvalue weighted by Gasteiger charge is 2.20.